The summed E-state index contributed by atoms with van der Waals surface area (Å²) in [6.45, 7) is 6.04. The summed E-state index contributed by atoms with van der Waals surface area (Å²) < 4.78 is 27.8. The molecule has 1 aliphatic rings. The van der Waals surface area contributed by atoms with Gasteiger partial charge in [-0.15, -0.1) is 0 Å². The first kappa shape index (κ1) is 16.5. The van der Waals surface area contributed by atoms with E-state index in [-0.39, 0.29) is 12.0 Å². The number of aliphatic hydroxyl groups is 1. The first-order chi connectivity index (χ1) is 9.79. The highest BCUT2D eigenvalue weighted by molar-refractivity contribution is 7.89. The Bertz CT molecular complexity index is 587. The second kappa shape index (κ2) is 6.46. The van der Waals surface area contributed by atoms with Gasteiger partial charge in [-0.3, -0.25) is 0 Å². The predicted octanol–water partition coefficient (Wildman–Crippen LogP) is 2.44. The molecule has 118 valence electrons. The molecule has 5 heteroatoms. The summed E-state index contributed by atoms with van der Waals surface area (Å²) in [5.41, 5.74) is 2.63. The average Bonchev–Trinajstić information content (AvgIpc) is 2.35. The van der Waals surface area contributed by atoms with Crippen LogP contribution in [0.15, 0.2) is 17.0 Å². The van der Waals surface area contributed by atoms with Gasteiger partial charge >= 0.3 is 0 Å². The third-order valence-electron chi connectivity index (χ3n) is 4.19. The number of hydrogen-bond acceptors (Lipinski definition) is 3. The Kier molecular flexibility index (Phi) is 5.07. The number of sulfonamides is 1. The molecule has 1 fully saturated rings. The van der Waals surface area contributed by atoms with Gasteiger partial charge in [0.1, 0.15) is 0 Å². The zero-order valence-electron chi connectivity index (χ0n) is 13.0. The third kappa shape index (κ3) is 4.05. The van der Waals surface area contributed by atoms with Gasteiger partial charge in [-0.25, -0.2) is 13.1 Å². The van der Waals surface area contributed by atoms with Crippen molar-refractivity contribution in [3.63, 3.8) is 0 Å². The first-order valence-electron chi connectivity index (χ1n) is 7.55. The molecule has 1 aromatic rings. The highest BCUT2D eigenvalue weighted by Gasteiger charge is 2.24. The van der Waals surface area contributed by atoms with Crippen molar-refractivity contribution in [2.75, 3.05) is 6.54 Å². The van der Waals surface area contributed by atoms with Gasteiger partial charge < -0.3 is 5.11 Å². The van der Waals surface area contributed by atoms with Crippen molar-refractivity contribution >= 4 is 10.0 Å². The van der Waals surface area contributed by atoms with E-state index in [1.54, 1.807) is 0 Å². The van der Waals surface area contributed by atoms with E-state index in [2.05, 4.69) is 4.72 Å². The van der Waals surface area contributed by atoms with Gasteiger partial charge in [-0.05, 0) is 57.1 Å². The normalized spacial score (nSPS) is 23.2. The van der Waals surface area contributed by atoms with Crippen LogP contribution in [0.3, 0.4) is 0 Å². The summed E-state index contributed by atoms with van der Waals surface area (Å²) in [5, 5.41) is 9.67. The minimum absolute atomic E-state index is 0.231. The first-order valence-corrected chi connectivity index (χ1v) is 9.03. The zero-order chi connectivity index (χ0) is 15.6. The molecule has 1 aromatic carbocycles. The number of aliphatic hydroxyl groups excluding tert-OH is 1. The van der Waals surface area contributed by atoms with Crippen molar-refractivity contribution in [2.45, 2.75) is 57.5 Å². The SMILES string of the molecule is Cc1cc(C)c(S(=O)(=O)NCC2CCCC(O)C2)c(C)c1. The van der Waals surface area contributed by atoms with Crippen LogP contribution in [-0.2, 0) is 10.0 Å². The second-order valence-corrected chi connectivity index (χ2v) is 7.97. The predicted molar refractivity (Wildman–Crippen MR) is 83.8 cm³/mol. The Balaban J connectivity index is 2.12. The lowest BCUT2D eigenvalue weighted by atomic mass is 9.87. The van der Waals surface area contributed by atoms with Crippen molar-refractivity contribution in [2.24, 2.45) is 5.92 Å². The monoisotopic (exact) mass is 311 g/mol. The Morgan fingerprint density at radius 1 is 1.19 bits per heavy atom. The van der Waals surface area contributed by atoms with Crippen molar-refractivity contribution in [1.82, 2.24) is 4.72 Å². The lowest BCUT2D eigenvalue weighted by Crippen LogP contribution is -2.33. The Morgan fingerprint density at radius 3 is 2.38 bits per heavy atom. The third-order valence-corrected chi connectivity index (χ3v) is 5.92. The van der Waals surface area contributed by atoms with Crippen LogP contribution in [0.2, 0.25) is 0 Å². The maximum atomic E-state index is 12.5. The van der Waals surface area contributed by atoms with Crippen LogP contribution in [0, 0.1) is 26.7 Å². The second-order valence-electron chi connectivity index (χ2n) is 6.27. The quantitative estimate of drug-likeness (QED) is 0.897. The molecule has 2 atom stereocenters. The lowest BCUT2D eigenvalue weighted by Gasteiger charge is -2.26. The van der Waals surface area contributed by atoms with Crippen molar-refractivity contribution < 1.29 is 13.5 Å². The molecule has 4 nitrogen and oxygen atoms in total. The van der Waals surface area contributed by atoms with E-state index < -0.39 is 10.0 Å². The number of nitrogens with one attached hydrogen (secondary N) is 1. The number of aryl methyl sites for hydroxylation is 3. The molecule has 2 rings (SSSR count). The maximum absolute atomic E-state index is 12.5. The van der Waals surface area contributed by atoms with E-state index in [9.17, 15) is 13.5 Å². The molecular weight excluding hydrogens is 286 g/mol. The van der Waals surface area contributed by atoms with Gasteiger partial charge in [-0.1, -0.05) is 24.1 Å². The van der Waals surface area contributed by atoms with Crippen LogP contribution in [0.5, 0.6) is 0 Å². The molecule has 0 spiro atoms. The van der Waals surface area contributed by atoms with Crippen LogP contribution < -0.4 is 4.72 Å². The maximum Gasteiger partial charge on any atom is 0.241 e. The fourth-order valence-electron chi connectivity index (χ4n) is 3.34. The zero-order valence-corrected chi connectivity index (χ0v) is 13.8. The van der Waals surface area contributed by atoms with E-state index in [0.29, 0.717) is 17.9 Å². The molecule has 0 aromatic heterocycles. The molecule has 0 radical (unpaired) electrons. The molecule has 0 bridgehead atoms. The molecule has 2 unspecified atom stereocenters. The van der Waals surface area contributed by atoms with Gasteiger partial charge in [0.15, 0.2) is 0 Å². The van der Waals surface area contributed by atoms with Crippen LogP contribution in [0.1, 0.15) is 42.4 Å². The van der Waals surface area contributed by atoms with E-state index in [0.717, 1.165) is 36.0 Å². The summed E-state index contributed by atoms with van der Waals surface area (Å²) in [6.07, 6.45) is 3.19. The van der Waals surface area contributed by atoms with Crippen molar-refractivity contribution in [3.8, 4) is 0 Å². The van der Waals surface area contributed by atoms with Crippen LogP contribution >= 0.6 is 0 Å². The highest BCUT2D eigenvalue weighted by atomic mass is 32.2. The minimum Gasteiger partial charge on any atom is -0.393 e. The summed E-state index contributed by atoms with van der Waals surface area (Å²) in [5.74, 6) is 0.231. The van der Waals surface area contributed by atoms with Gasteiger partial charge in [0, 0.05) is 6.54 Å². The Hall–Kier alpha value is -0.910. The number of rotatable bonds is 4. The molecule has 1 aliphatic carbocycles. The van der Waals surface area contributed by atoms with Gasteiger partial charge in [-0.2, -0.15) is 0 Å². The lowest BCUT2D eigenvalue weighted by molar-refractivity contribution is 0.102. The van der Waals surface area contributed by atoms with Crippen molar-refractivity contribution in [1.29, 1.82) is 0 Å². The van der Waals surface area contributed by atoms with Crippen LogP contribution in [-0.4, -0.2) is 26.2 Å². The summed E-state index contributed by atoms with van der Waals surface area (Å²) >= 11 is 0. The molecule has 1 saturated carbocycles. The molecular formula is C16H25NO3S. The van der Waals surface area contributed by atoms with Gasteiger partial charge in [0.05, 0.1) is 11.0 Å². The summed E-state index contributed by atoms with van der Waals surface area (Å²) in [4.78, 5) is 0.393. The average molecular weight is 311 g/mol. The fourth-order valence-corrected chi connectivity index (χ4v) is 4.90. The molecule has 2 N–H and O–H groups in total. The summed E-state index contributed by atoms with van der Waals surface area (Å²) in [7, 11) is -3.49. The summed E-state index contributed by atoms with van der Waals surface area (Å²) in [6, 6.07) is 3.79. The molecule has 0 heterocycles. The molecule has 0 saturated heterocycles. The van der Waals surface area contributed by atoms with Gasteiger partial charge in [0.25, 0.3) is 0 Å². The van der Waals surface area contributed by atoms with E-state index >= 15 is 0 Å². The standard InChI is InChI=1S/C16H25NO3S/c1-11-7-12(2)16(13(3)8-11)21(19,20)17-10-14-5-4-6-15(18)9-14/h7-8,14-15,17-18H,4-6,9-10H2,1-3H3. The number of hydrogen-bond donors (Lipinski definition) is 2. The smallest absolute Gasteiger partial charge is 0.241 e. The largest absolute Gasteiger partial charge is 0.393 e. The molecule has 0 amide bonds. The number of benzene rings is 1. The van der Waals surface area contributed by atoms with Crippen LogP contribution in [0.25, 0.3) is 0 Å². The topological polar surface area (TPSA) is 66.4 Å². The minimum atomic E-state index is -3.49. The highest BCUT2D eigenvalue weighted by Crippen LogP contribution is 2.25. The van der Waals surface area contributed by atoms with E-state index in [1.165, 1.54) is 0 Å². The molecule has 0 aliphatic heterocycles. The van der Waals surface area contributed by atoms with Crippen molar-refractivity contribution in [3.05, 3.63) is 28.8 Å². The Morgan fingerprint density at radius 2 is 1.81 bits per heavy atom. The Labute approximate surface area is 127 Å². The fraction of sp³-hybridized carbons (Fsp3) is 0.625. The van der Waals surface area contributed by atoms with Gasteiger partial charge in [0.2, 0.25) is 10.0 Å². The molecule has 21 heavy (non-hydrogen) atoms. The van der Waals surface area contributed by atoms with E-state index in [1.807, 2.05) is 32.9 Å². The van der Waals surface area contributed by atoms with Crippen LogP contribution in [0.4, 0.5) is 0 Å². The van der Waals surface area contributed by atoms with E-state index in [4.69, 9.17) is 0 Å².